The van der Waals surface area contributed by atoms with Gasteiger partial charge in [-0.25, -0.2) is 0 Å². The summed E-state index contributed by atoms with van der Waals surface area (Å²) in [7, 11) is -3.74. The SMILES string of the molecule is C=COS(=O)(=O)c1ccccc1C=C.C=Cc1ccccc1. The third-order valence-corrected chi connectivity index (χ3v) is 3.94. The fourth-order valence-electron chi connectivity index (χ4n) is 1.61. The Morgan fingerprint density at radius 2 is 1.41 bits per heavy atom. The minimum absolute atomic E-state index is 0.0925. The lowest BCUT2D eigenvalue weighted by atomic mass is 10.2. The first-order chi connectivity index (χ1) is 10.5. The molecule has 0 atom stereocenters. The van der Waals surface area contributed by atoms with Crippen molar-refractivity contribution >= 4 is 22.3 Å². The Bertz CT molecular complexity index is 732. The summed E-state index contributed by atoms with van der Waals surface area (Å²) in [6.45, 7) is 10.3. The van der Waals surface area contributed by atoms with Crippen molar-refractivity contribution in [2.24, 2.45) is 0 Å². The highest BCUT2D eigenvalue weighted by Gasteiger charge is 2.16. The van der Waals surface area contributed by atoms with Crippen LogP contribution < -0.4 is 0 Å². The normalized spacial score (nSPS) is 9.82. The lowest BCUT2D eigenvalue weighted by Crippen LogP contribution is -2.03. The molecule has 0 unspecified atom stereocenters. The van der Waals surface area contributed by atoms with Crippen LogP contribution in [-0.4, -0.2) is 8.42 Å². The molecule has 0 bridgehead atoms. The van der Waals surface area contributed by atoms with Gasteiger partial charge in [0.1, 0.15) is 4.90 Å². The summed E-state index contributed by atoms with van der Waals surface area (Å²) in [6, 6.07) is 16.5. The van der Waals surface area contributed by atoms with Crippen LogP contribution in [0, 0.1) is 0 Å². The van der Waals surface area contributed by atoms with Gasteiger partial charge in [0, 0.05) is 0 Å². The van der Waals surface area contributed by atoms with E-state index in [9.17, 15) is 8.42 Å². The summed E-state index contributed by atoms with van der Waals surface area (Å²) in [5.41, 5.74) is 1.68. The van der Waals surface area contributed by atoms with Gasteiger partial charge in [0.05, 0.1) is 6.26 Å². The minimum atomic E-state index is -3.74. The van der Waals surface area contributed by atoms with Crippen LogP contribution in [0.3, 0.4) is 0 Å². The molecular weight excluding hydrogens is 296 g/mol. The first kappa shape index (κ1) is 17.5. The molecule has 0 aliphatic heterocycles. The van der Waals surface area contributed by atoms with E-state index in [0.29, 0.717) is 5.56 Å². The Labute approximate surface area is 132 Å². The minimum Gasteiger partial charge on any atom is -0.388 e. The fraction of sp³-hybridized carbons (Fsp3) is 0. The Morgan fingerprint density at radius 3 is 1.91 bits per heavy atom. The maximum atomic E-state index is 11.5. The summed E-state index contributed by atoms with van der Waals surface area (Å²) in [5, 5.41) is 0. The highest BCUT2D eigenvalue weighted by molar-refractivity contribution is 7.87. The van der Waals surface area contributed by atoms with Crippen LogP contribution in [-0.2, 0) is 14.3 Å². The van der Waals surface area contributed by atoms with E-state index >= 15 is 0 Å². The maximum absolute atomic E-state index is 11.5. The van der Waals surface area contributed by atoms with E-state index in [0.717, 1.165) is 6.26 Å². The zero-order valence-corrected chi connectivity index (χ0v) is 13.0. The topological polar surface area (TPSA) is 43.4 Å². The predicted molar refractivity (Wildman–Crippen MR) is 91.5 cm³/mol. The highest BCUT2D eigenvalue weighted by atomic mass is 32.2. The number of hydrogen-bond donors (Lipinski definition) is 0. The van der Waals surface area contributed by atoms with Crippen LogP contribution in [0.2, 0.25) is 0 Å². The molecule has 0 fully saturated rings. The molecule has 3 nitrogen and oxygen atoms in total. The largest absolute Gasteiger partial charge is 0.388 e. The van der Waals surface area contributed by atoms with Crippen molar-refractivity contribution in [2.45, 2.75) is 4.90 Å². The molecule has 0 spiro atoms. The van der Waals surface area contributed by atoms with Crippen LogP contribution in [0.1, 0.15) is 11.1 Å². The molecule has 0 amide bonds. The summed E-state index contributed by atoms with van der Waals surface area (Å²) >= 11 is 0. The molecule has 0 aliphatic rings. The quantitative estimate of drug-likeness (QED) is 0.602. The second-order valence-corrected chi connectivity index (χ2v) is 5.61. The summed E-state index contributed by atoms with van der Waals surface area (Å²) in [6.07, 6.45) is 4.18. The smallest absolute Gasteiger partial charge is 0.339 e. The van der Waals surface area contributed by atoms with Gasteiger partial charge < -0.3 is 4.18 Å². The van der Waals surface area contributed by atoms with Gasteiger partial charge in [-0.05, 0) is 17.2 Å². The molecule has 2 aromatic rings. The highest BCUT2D eigenvalue weighted by Crippen LogP contribution is 2.18. The van der Waals surface area contributed by atoms with Crippen molar-refractivity contribution in [2.75, 3.05) is 0 Å². The second kappa shape index (κ2) is 8.64. The monoisotopic (exact) mass is 314 g/mol. The molecule has 2 rings (SSSR count). The van der Waals surface area contributed by atoms with Gasteiger partial charge in [0.25, 0.3) is 0 Å². The molecule has 2 aromatic carbocycles. The van der Waals surface area contributed by atoms with Gasteiger partial charge in [-0.2, -0.15) is 8.42 Å². The molecule has 0 aromatic heterocycles. The Balaban J connectivity index is 0.000000255. The van der Waals surface area contributed by atoms with E-state index in [4.69, 9.17) is 0 Å². The van der Waals surface area contributed by atoms with Crippen molar-refractivity contribution in [1.82, 2.24) is 0 Å². The van der Waals surface area contributed by atoms with E-state index in [1.165, 1.54) is 17.7 Å². The van der Waals surface area contributed by atoms with Gasteiger partial charge in [-0.3, -0.25) is 0 Å². The lowest BCUT2D eigenvalue weighted by Gasteiger charge is -2.05. The molecule has 0 N–H and O–H groups in total. The van der Waals surface area contributed by atoms with Gasteiger partial charge >= 0.3 is 10.1 Å². The molecule has 0 heterocycles. The standard InChI is InChI=1S/C10H10O3S.C8H8/c1-3-9-7-5-6-8-10(9)14(11,12)13-4-2;1-2-8-6-4-3-5-7-8/h3-8H,1-2H2;2-7H,1H2. The number of rotatable bonds is 5. The van der Waals surface area contributed by atoms with Gasteiger partial charge in [-0.1, -0.05) is 80.4 Å². The molecule has 114 valence electrons. The predicted octanol–water partition coefficient (Wildman–Crippen LogP) is 4.51. The van der Waals surface area contributed by atoms with Crippen LogP contribution in [0.15, 0.2) is 85.5 Å². The molecule has 0 saturated heterocycles. The van der Waals surface area contributed by atoms with Crippen molar-refractivity contribution in [3.8, 4) is 0 Å². The summed E-state index contributed by atoms with van der Waals surface area (Å²) in [4.78, 5) is 0.0925. The van der Waals surface area contributed by atoms with E-state index < -0.39 is 10.1 Å². The molecule has 0 radical (unpaired) electrons. The molecule has 22 heavy (non-hydrogen) atoms. The van der Waals surface area contributed by atoms with Gasteiger partial charge in [-0.15, -0.1) is 0 Å². The maximum Gasteiger partial charge on any atom is 0.339 e. The van der Waals surface area contributed by atoms with Crippen molar-refractivity contribution in [1.29, 1.82) is 0 Å². The molecule has 0 saturated carbocycles. The zero-order chi connectivity index (χ0) is 16.4. The van der Waals surface area contributed by atoms with Gasteiger partial charge in [0.15, 0.2) is 0 Å². The third kappa shape index (κ3) is 5.07. The first-order valence-electron chi connectivity index (χ1n) is 6.48. The third-order valence-electron chi connectivity index (χ3n) is 2.64. The van der Waals surface area contributed by atoms with Crippen LogP contribution in [0.5, 0.6) is 0 Å². The van der Waals surface area contributed by atoms with Crippen LogP contribution in [0.4, 0.5) is 0 Å². The molecular formula is C18H18O3S. The van der Waals surface area contributed by atoms with Gasteiger partial charge in [0.2, 0.25) is 0 Å². The summed E-state index contributed by atoms with van der Waals surface area (Å²) in [5.74, 6) is 0. The zero-order valence-electron chi connectivity index (χ0n) is 12.2. The molecule has 4 heteroatoms. The van der Waals surface area contributed by atoms with E-state index in [-0.39, 0.29) is 4.90 Å². The fourth-order valence-corrected chi connectivity index (χ4v) is 2.58. The Kier molecular flexibility index (Phi) is 6.86. The molecule has 0 aliphatic carbocycles. The first-order valence-corrected chi connectivity index (χ1v) is 7.89. The Morgan fingerprint density at radius 1 is 0.818 bits per heavy atom. The lowest BCUT2D eigenvalue weighted by molar-refractivity contribution is 0.444. The van der Waals surface area contributed by atoms with E-state index in [2.05, 4.69) is 23.9 Å². The van der Waals surface area contributed by atoms with Crippen molar-refractivity contribution in [3.05, 3.63) is 91.7 Å². The van der Waals surface area contributed by atoms with E-state index in [1.807, 2.05) is 36.4 Å². The second-order valence-electron chi connectivity index (χ2n) is 4.07. The van der Waals surface area contributed by atoms with Crippen molar-refractivity contribution < 1.29 is 12.6 Å². The Hall–Kier alpha value is -2.59. The average molecular weight is 314 g/mol. The number of benzene rings is 2. The van der Waals surface area contributed by atoms with Crippen LogP contribution >= 0.6 is 0 Å². The average Bonchev–Trinajstić information content (AvgIpc) is 2.56. The number of hydrogen-bond acceptors (Lipinski definition) is 3. The van der Waals surface area contributed by atoms with Crippen molar-refractivity contribution in [3.63, 3.8) is 0 Å². The summed E-state index contributed by atoms with van der Waals surface area (Å²) < 4.78 is 27.4. The van der Waals surface area contributed by atoms with Crippen LogP contribution in [0.25, 0.3) is 12.2 Å². The van der Waals surface area contributed by atoms with E-state index in [1.54, 1.807) is 18.2 Å².